The summed E-state index contributed by atoms with van der Waals surface area (Å²) >= 11 is 0. The van der Waals surface area contributed by atoms with E-state index < -0.39 is 83.0 Å². The van der Waals surface area contributed by atoms with Crippen molar-refractivity contribution in [3.8, 4) is 74.7 Å². The number of aliphatic hydroxyl groups excluding tert-OH is 3. The summed E-state index contributed by atoms with van der Waals surface area (Å²) in [5, 5.41) is 133. The maximum absolute atomic E-state index is 12.5. The zero-order valence-electron chi connectivity index (χ0n) is 32.5. The van der Waals surface area contributed by atoms with Crippen molar-refractivity contribution in [2.45, 2.75) is 54.9 Å². The average Bonchev–Trinajstić information content (AvgIpc) is 3.23. The quantitative estimate of drug-likeness (QED) is 0.0943. The highest BCUT2D eigenvalue weighted by atomic mass is 16.5. The zero-order valence-corrected chi connectivity index (χ0v) is 32.5. The number of rotatable bonds is 6. The van der Waals surface area contributed by atoms with E-state index in [0.717, 1.165) is 12.1 Å². The molecule has 0 radical (unpaired) electrons. The first-order valence-electron chi connectivity index (χ1n) is 19.4. The molecule has 16 nitrogen and oxygen atoms in total. The number of hydrogen-bond donors (Lipinski definition) is 12. The Labute approximate surface area is 351 Å². The van der Waals surface area contributed by atoms with Crippen LogP contribution in [0.2, 0.25) is 0 Å². The minimum atomic E-state index is -1.65. The van der Waals surface area contributed by atoms with Gasteiger partial charge in [-0.3, -0.25) is 0 Å². The molecule has 0 aliphatic carbocycles. The molecule has 9 rings (SSSR count). The number of phenolic OH excluding ortho intramolecular Hbond substituents is 9. The van der Waals surface area contributed by atoms with Gasteiger partial charge in [-0.05, 0) is 65.2 Å². The van der Waals surface area contributed by atoms with E-state index in [2.05, 4.69) is 0 Å². The summed E-state index contributed by atoms with van der Waals surface area (Å²) < 4.78 is 25.5. The van der Waals surface area contributed by atoms with Crippen molar-refractivity contribution in [3.05, 3.63) is 136 Å². The fourth-order valence-corrected chi connectivity index (χ4v) is 8.94. The van der Waals surface area contributed by atoms with Gasteiger partial charge in [0, 0.05) is 58.2 Å². The molecule has 12 N–H and O–H groups in total. The molecule has 3 aliphatic heterocycles. The van der Waals surface area contributed by atoms with Crippen molar-refractivity contribution >= 4 is 0 Å². The van der Waals surface area contributed by atoms with Gasteiger partial charge in [-0.1, -0.05) is 30.3 Å². The van der Waals surface area contributed by atoms with Gasteiger partial charge in [-0.2, -0.15) is 0 Å². The summed E-state index contributed by atoms with van der Waals surface area (Å²) in [6.45, 7) is 0. The smallest absolute Gasteiger partial charge is 0.160 e. The number of fused-ring (bicyclic) bond motifs is 6. The molecule has 62 heavy (non-hydrogen) atoms. The lowest BCUT2D eigenvalue weighted by atomic mass is 9.72. The van der Waals surface area contributed by atoms with Crippen molar-refractivity contribution in [3.63, 3.8) is 0 Å². The average molecular weight is 849 g/mol. The molecule has 3 aliphatic rings. The van der Waals surface area contributed by atoms with Gasteiger partial charge in [0.15, 0.2) is 46.7 Å². The molecule has 6 aromatic carbocycles. The first-order chi connectivity index (χ1) is 29.6. The SMILES string of the molecule is COc1ccc([C@H]2Oc3c(c4c(c5c3[C@@H](c3ccc(O)cc3O)[C@H](O)[C@@H](c3ccc(O)c(O)c3)O5)[C@@H](c3ccc(O)cc3O)[C@H](O)[C@@H](c3ccc(O)c(O)c3)O4)C[C@@H]2O)cc1O. The van der Waals surface area contributed by atoms with E-state index in [1.165, 1.54) is 79.9 Å². The Bertz CT molecular complexity index is 2750. The van der Waals surface area contributed by atoms with E-state index in [4.69, 9.17) is 18.9 Å². The van der Waals surface area contributed by atoms with Crippen LogP contribution in [0, 0.1) is 0 Å². The number of hydrogen-bond acceptors (Lipinski definition) is 16. The lowest BCUT2D eigenvalue weighted by Crippen LogP contribution is -2.41. The van der Waals surface area contributed by atoms with Gasteiger partial charge in [0.1, 0.15) is 58.6 Å². The molecule has 0 aromatic heterocycles. The Hall–Kier alpha value is -7.40. The highest BCUT2D eigenvalue weighted by Gasteiger charge is 2.52. The molecular formula is C46H40O16. The lowest BCUT2D eigenvalue weighted by Gasteiger charge is -2.46. The van der Waals surface area contributed by atoms with Gasteiger partial charge in [-0.25, -0.2) is 0 Å². The van der Waals surface area contributed by atoms with Crippen molar-refractivity contribution in [1.29, 1.82) is 0 Å². The number of aromatic hydroxyl groups is 9. The third kappa shape index (κ3) is 6.43. The second-order valence-corrected chi connectivity index (χ2v) is 15.5. The highest BCUT2D eigenvalue weighted by molar-refractivity contribution is 5.72. The van der Waals surface area contributed by atoms with Crippen molar-refractivity contribution in [1.82, 2.24) is 0 Å². The first-order valence-corrected chi connectivity index (χ1v) is 19.4. The number of phenols is 9. The summed E-state index contributed by atoms with van der Waals surface area (Å²) in [5.41, 5.74) is 1.06. The van der Waals surface area contributed by atoms with E-state index in [-0.39, 0.29) is 85.6 Å². The van der Waals surface area contributed by atoms with Crippen LogP contribution in [0.1, 0.15) is 74.7 Å². The van der Waals surface area contributed by atoms with Crippen LogP contribution < -0.4 is 18.9 Å². The molecule has 0 bridgehead atoms. The fourth-order valence-electron chi connectivity index (χ4n) is 8.94. The summed E-state index contributed by atoms with van der Waals surface area (Å²) in [5.74, 6) is -6.42. The summed E-state index contributed by atoms with van der Waals surface area (Å²) in [6.07, 6.45) is -8.87. The van der Waals surface area contributed by atoms with Gasteiger partial charge in [-0.15, -0.1) is 0 Å². The van der Waals surface area contributed by atoms with E-state index in [0.29, 0.717) is 5.56 Å². The molecule has 0 unspecified atom stereocenters. The fraction of sp³-hybridized carbons (Fsp3) is 0.217. The molecule has 0 amide bonds. The van der Waals surface area contributed by atoms with E-state index >= 15 is 0 Å². The third-order valence-electron chi connectivity index (χ3n) is 11.8. The van der Waals surface area contributed by atoms with Crippen LogP contribution in [0.4, 0.5) is 0 Å². The lowest BCUT2D eigenvalue weighted by molar-refractivity contribution is -0.0171. The first kappa shape index (κ1) is 40.0. The van der Waals surface area contributed by atoms with Crippen molar-refractivity contribution in [2.75, 3.05) is 7.11 Å². The predicted octanol–water partition coefficient (Wildman–Crippen LogP) is 5.34. The van der Waals surface area contributed by atoms with Crippen LogP contribution in [-0.2, 0) is 6.42 Å². The number of aliphatic hydroxyl groups is 3. The number of benzene rings is 6. The van der Waals surface area contributed by atoms with Crippen molar-refractivity contribution < 1.29 is 80.2 Å². The normalized spacial score (nSPS) is 23.7. The molecule has 320 valence electrons. The van der Waals surface area contributed by atoms with Crippen LogP contribution in [0.3, 0.4) is 0 Å². The standard InChI is InChI=1S/C46H40O16/c1-59-34-11-4-18(14-32(34)55)41-33(56)17-25-44(60-41)37-35(23-7-5-21(47)15-28(23)51)40(58)43(20-3-10-27(50)31(54)13-20)62-46(37)38-36(24-8-6-22(48)16-29(24)52)39(57)42(61-45(25)38)19-2-9-26(49)30(53)12-19/h2-16,33,35-36,39-43,47-58H,17H2,1H3/t33-,35+,36+,39-,40-,41+,42+,43+/m0/s1. The Kier molecular flexibility index (Phi) is 9.65. The van der Waals surface area contributed by atoms with Crippen LogP contribution in [0.25, 0.3) is 0 Å². The molecular weight excluding hydrogens is 808 g/mol. The Balaban J connectivity index is 1.38. The van der Waals surface area contributed by atoms with Crippen LogP contribution in [0.5, 0.6) is 74.7 Å². The largest absolute Gasteiger partial charge is 0.508 e. The molecule has 6 aromatic rings. The highest BCUT2D eigenvalue weighted by Crippen LogP contribution is 2.63. The van der Waals surface area contributed by atoms with Gasteiger partial charge in [0.25, 0.3) is 0 Å². The Morgan fingerprint density at radius 3 is 1.34 bits per heavy atom. The van der Waals surface area contributed by atoms with E-state index in [1.54, 1.807) is 6.07 Å². The second kappa shape index (κ2) is 14.9. The van der Waals surface area contributed by atoms with Crippen LogP contribution >= 0.6 is 0 Å². The Morgan fingerprint density at radius 2 is 0.887 bits per heavy atom. The topological polar surface area (TPSA) is 280 Å². The number of methoxy groups -OCH3 is 1. The molecule has 16 heteroatoms. The summed E-state index contributed by atoms with van der Waals surface area (Å²) in [6, 6.07) is 19.4. The zero-order chi connectivity index (χ0) is 43.9. The molecule has 0 saturated heterocycles. The Morgan fingerprint density at radius 1 is 0.452 bits per heavy atom. The third-order valence-corrected chi connectivity index (χ3v) is 11.8. The molecule has 0 saturated carbocycles. The van der Waals surface area contributed by atoms with Gasteiger partial charge < -0.3 is 80.2 Å². The second-order valence-electron chi connectivity index (χ2n) is 15.5. The maximum atomic E-state index is 12.5. The van der Waals surface area contributed by atoms with Crippen LogP contribution in [0.15, 0.2) is 91.0 Å². The summed E-state index contributed by atoms with van der Waals surface area (Å²) in [4.78, 5) is 0. The van der Waals surface area contributed by atoms with Crippen LogP contribution in [-0.4, -0.2) is 86.7 Å². The minimum Gasteiger partial charge on any atom is -0.508 e. The summed E-state index contributed by atoms with van der Waals surface area (Å²) in [7, 11) is 1.37. The predicted molar refractivity (Wildman–Crippen MR) is 216 cm³/mol. The van der Waals surface area contributed by atoms with Gasteiger partial charge in [0.2, 0.25) is 0 Å². The van der Waals surface area contributed by atoms with Gasteiger partial charge >= 0.3 is 0 Å². The molecule has 8 atom stereocenters. The monoisotopic (exact) mass is 848 g/mol. The molecule has 0 spiro atoms. The minimum absolute atomic E-state index is 0.00902. The molecule has 0 fully saturated rings. The molecule has 3 heterocycles. The number of ether oxygens (including phenoxy) is 4. The van der Waals surface area contributed by atoms with E-state index in [9.17, 15) is 61.3 Å². The maximum Gasteiger partial charge on any atom is 0.160 e. The van der Waals surface area contributed by atoms with Gasteiger partial charge in [0.05, 0.1) is 13.2 Å². The van der Waals surface area contributed by atoms with E-state index in [1.807, 2.05) is 0 Å². The van der Waals surface area contributed by atoms with Crippen molar-refractivity contribution in [2.24, 2.45) is 0 Å².